The number of piperidine rings is 1. The van der Waals surface area contributed by atoms with Crippen LogP contribution in [0.3, 0.4) is 0 Å². The van der Waals surface area contributed by atoms with Crippen molar-refractivity contribution in [3.05, 3.63) is 29.8 Å². The van der Waals surface area contributed by atoms with Gasteiger partial charge in [0.05, 0.1) is 12.3 Å². The third-order valence-electron chi connectivity index (χ3n) is 3.48. The number of rotatable bonds is 4. The highest BCUT2D eigenvalue weighted by Crippen LogP contribution is 2.23. The first kappa shape index (κ1) is 14.3. The zero-order chi connectivity index (χ0) is 13.9. The zero-order valence-electron chi connectivity index (χ0n) is 11.0. The van der Waals surface area contributed by atoms with Gasteiger partial charge in [0.15, 0.2) is 0 Å². The van der Waals surface area contributed by atoms with Gasteiger partial charge in [-0.3, -0.25) is 4.72 Å². The highest BCUT2D eigenvalue weighted by molar-refractivity contribution is 7.90. The van der Waals surface area contributed by atoms with Crippen LogP contribution < -0.4 is 4.72 Å². The Morgan fingerprint density at radius 1 is 1.37 bits per heavy atom. The van der Waals surface area contributed by atoms with Crippen LogP contribution >= 0.6 is 0 Å². The number of nitrogens with one attached hydrogen (secondary N) is 1. The number of nitrogens with zero attached hydrogens (tertiary/aromatic N) is 1. The number of aliphatic hydroxyl groups excluding tert-OH is 1. The van der Waals surface area contributed by atoms with Crippen LogP contribution in [0.25, 0.3) is 0 Å². The van der Waals surface area contributed by atoms with E-state index in [9.17, 15) is 13.5 Å². The molecule has 1 saturated heterocycles. The molecule has 1 heterocycles. The second-order valence-electron chi connectivity index (χ2n) is 4.88. The molecule has 0 bridgehead atoms. The van der Waals surface area contributed by atoms with E-state index in [1.807, 2.05) is 6.92 Å². The zero-order valence-corrected chi connectivity index (χ0v) is 11.9. The Bertz CT molecular complexity index is 530. The fourth-order valence-electron chi connectivity index (χ4n) is 2.38. The largest absolute Gasteiger partial charge is 0.392 e. The quantitative estimate of drug-likeness (QED) is 0.884. The van der Waals surface area contributed by atoms with E-state index >= 15 is 0 Å². The molecule has 1 fully saturated rings. The van der Waals surface area contributed by atoms with Crippen molar-refractivity contribution in [3.63, 3.8) is 0 Å². The maximum absolute atomic E-state index is 12.4. The van der Waals surface area contributed by atoms with E-state index in [2.05, 4.69) is 4.72 Å². The first-order chi connectivity index (χ1) is 9.04. The minimum absolute atomic E-state index is 0.0209. The molecule has 6 heteroatoms. The molecule has 1 aromatic rings. The molecule has 0 aliphatic carbocycles. The Labute approximate surface area is 114 Å². The fourth-order valence-corrected chi connectivity index (χ4v) is 3.93. The summed E-state index contributed by atoms with van der Waals surface area (Å²) in [5.74, 6) is 0. The number of hydrogen-bond acceptors (Lipinski definition) is 3. The molecule has 1 aromatic carbocycles. The van der Waals surface area contributed by atoms with E-state index in [-0.39, 0.29) is 12.6 Å². The summed E-state index contributed by atoms with van der Waals surface area (Å²) < 4.78 is 28.8. The van der Waals surface area contributed by atoms with Crippen LogP contribution in [0.15, 0.2) is 24.3 Å². The van der Waals surface area contributed by atoms with Gasteiger partial charge in [-0.2, -0.15) is 12.7 Å². The van der Waals surface area contributed by atoms with Crippen LogP contribution in [-0.4, -0.2) is 30.4 Å². The lowest BCUT2D eigenvalue weighted by Crippen LogP contribution is -2.44. The van der Waals surface area contributed by atoms with E-state index in [0.29, 0.717) is 17.8 Å². The second-order valence-corrected chi connectivity index (χ2v) is 6.50. The molecule has 1 unspecified atom stereocenters. The van der Waals surface area contributed by atoms with Gasteiger partial charge in [0.25, 0.3) is 0 Å². The molecule has 0 aromatic heterocycles. The smallest absolute Gasteiger partial charge is 0.301 e. The topological polar surface area (TPSA) is 69.6 Å². The molecule has 0 amide bonds. The average Bonchev–Trinajstić information content (AvgIpc) is 2.39. The Kier molecular flexibility index (Phi) is 4.44. The molecular formula is C13H20N2O3S. The van der Waals surface area contributed by atoms with Crippen molar-refractivity contribution >= 4 is 15.9 Å². The molecule has 1 aliphatic heterocycles. The fraction of sp³-hybridized carbons (Fsp3) is 0.538. The van der Waals surface area contributed by atoms with E-state index in [1.165, 1.54) is 4.31 Å². The monoisotopic (exact) mass is 284 g/mol. The van der Waals surface area contributed by atoms with Gasteiger partial charge in [0.1, 0.15) is 0 Å². The normalized spacial score (nSPS) is 21.3. The van der Waals surface area contributed by atoms with Crippen LogP contribution in [0.2, 0.25) is 0 Å². The van der Waals surface area contributed by atoms with Crippen molar-refractivity contribution in [3.8, 4) is 0 Å². The summed E-state index contributed by atoms with van der Waals surface area (Å²) in [6.45, 7) is 2.29. The average molecular weight is 284 g/mol. The van der Waals surface area contributed by atoms with E-state index < -0.39 is 10.2 Å². The Hall–Kier alpha value is -1.11. The van der Waals surface area contributed by atoms with Crippen molar-refractivity contribution in [2.24, 2.45) is 0 Å². The first-order valence-electron chi connectivity index (χ1n) is 6.53. The molecule has 2 N–H and O–H groups in total. The maximum atomic E-state index is 12.4. The highest BCUT2D eigenvalue weighted by Gasteiger charge is 2.29. The third kappa shape index (κ3) is 3.26. The predicted molar refractivity (Wildman–Crippen MR) is 74.9 cm³/mol. The lowest BCUT2D eigenvalue weighted by atomic mass is 10.1. The lowest BCUT2D eigenvalue weighted by molar-refractivity contribution is 0.270. The van der Waals surface area contributed by atoms with Crippen LogP contribution in [0.5, 0.6) is 0 Å². The van der Waals surface area contributed by atoms with Gasteiger partial charge in [0.2, 0.25) is 0 Å². The predicted octanol–water partition coefficient (Wildman–Crippen LogP) is 1.71. The molecule has 2 rings (SSSR count). The van der Waals surface area contributed by atoms with Crippen molar-refractivity contribution in [1.82, 2.24) is 4.31 Å². The summed E-state index contributed by atoms with van der Waals surface area (Å²) in [5, 5.41) is 9.23. The minimum Gasteiger partial charge on any atom is -0.392 e. The standard InChI is InChI=1S/C13H20N2O3S/c1-11-6-4-5-9-15(11)19(17,18)14-13-8-3-2-7-12(13)10-16/h2-3,7-8,11,14,16H,4-6,9-10H2,1H3. The Morgan fingerprint density at radius 2 is 2.11 bits per heavy atom. The molecule has 0 saturated carbocycles. The number of hydrogen-bond donors (Lipinski definition) is 2. The van der Waals surface area contributed by atoms with Crippen molar-refractivity contribution < 1.29 is 13.5 Å². The van der Waals surface area contributed by atoms with Gasteiger partial charge in [-0.1, -0.05) is 24.6 Å². The van der Waals surface area contributed by atoms with Gasteiger partial charge in [-0.05, 0) is 25.8 Å². The number of anilines is 1. The molecular weight excluding hydrogens is 264 g/mol. The van der Waals surface area contributed by atoms with Gasteiger partial charge in [-0.15, -0.1) is 0 Å². The molecule has 0 spiro atoms. The third-order valence-corrected chi connectivity index (χ3v) is 5.12. The number of para-hydroxylation sites is 1. The van der Waals surface area contributed by atoms with E-state index in [4.69, 9.17) is 0 Å². The summed E-state index contributed by atoms with van der Waals surface area (Å²) in [6, 6.07) is 6.91. The van der Waals surface area contributed by atoms with Crippen LogP contribution in [0, 0.1) is 0 Å². The summed E-state index contributed by atoms with van der Waals surface area (Å²) in [7, 11) is -3.55. The van der Waals surface area contributed by atoms with Gasteiger partial charge in [0, 0.05) is 18.2 Å². The summed E-state index contributed by atoms with van der Waals surface area (Å²) in [4.78, 5) is 0. The molecule has 5 nitrogen and oxygen atoms in total. The highest BCUT2D eigenvalue weighted by atomic mass is 32.2. The molecule has 0 radical (unpaired) electrons. The maximum Gasteiger partial charge on any atom is 0.301 e. The number of aliphatic hydroxyl groups is 1. The summed E-state index contributed by atoms with van der Waals surface area (Å²) in [6.07, 6.45) is 2.86. The van der Waals surface area contributed by atoms with Gasteiger partial charge in [-0.25, -0.2) is 0 Å². The first-order valence-corrected chi connectivity index (χ1v) is 7.97. The molecule has 106 valence electrons. The van der Waals surface area contributed by atoms with Gasteiger partial charge >= 0.3 is 10.2 Å². The lowest BCUT2D eigenvalue weighted by Gasteiger charge is -2.32. The SMILES string of the molecule is CC1CCCCN1S(=O)(=O)Nc1ccccc1CO. The molecule has 1 atom stereocenters. The van der Waals surface area contributed by atoms with Crippen molar-refractivity contribution in [2.75, 3.05) is 11.3 Å². The Balaban J connectivity index is 2.21. The van der Waals surface area contributed by atoms with Crippen LogP contribution in [0.1, 0.15) is 31.7 Å². The molecule has 19 heavy (non-hydrogen) atoms. The van der Waals surface area contributed by atoms with Crippen molar-refractivity contribution in [2.45, 2.75) is 38.8 Å². The molecule has 1 aliphatic rings. The number of benzene rings is 1. The van der Waals surface area contributed by atoms with E-state index in [1.54, 1.807) is 24.3 Å². The van der Waals surface area contributed by atoms with Crippen LogP contribution in [-0.2, 0) is 16.8 Å². The minimum atomic E-state index is -3.55. The van der Waals surface area contributed by atoms with Gasteiger partial charge < -0.3 is 5.11 Å². The second kappa shape index (κ2) is 5.90. The Morgan fingerprint density at radius 3 is 2.79 bits per heavy atom. The summed E-state index contributed by atoms with van der Waals surface area (Å²) in [5.41, 5.74) is 1.03. The van der Waals surface area contributed by atoms with E-state index in [0.717, 1.165) is 19.3 Å². The van der Waals surface area contributed by atoms with Crippen LogP contribution in [0.4, 0.5) is 5.69 Å². The summed E-state index contributed by atoms with van der Waals surface area (Å²) >= 11 is 0. The van der Waals surface area contributed by atoms with Crippen molar-refractivity contribution in [1.29, 1.82) is 0 Å².